The number of aromatic hydroxyl groups is 1. The molecule has 204 valence electrons. The maximum Gasteiger partial charge on any atom is 0.324 e. The largest absolute Gasteiger partial charge is 0.508 e. The van der Waals surface area contributed by atoms with Crippen molar-refractivity contribution in [3.63, 3.8) is 0 Å². The number of methoxy groups -OCH3 is 1. The Labute approximate surface area is 216 Å². The maximum atomic E-state index is 13.5. The number of hydrogen-bond donors (Lipinski definition) is 4. The van der Waals surface area contributed by atoms with E-state index in [1.807, 2.05) is 0 Å². The first-order valence-corrected chi connectivity index (χ1v) is 13.5. The van der Waals surface area contributed by atoms with Crippen LogP contribution in [0.1, 0.15) is 32.3 Å². The summed E-state index contributed by atoms with van der Waals surface area (Å²) >= 11 is 0. The molecule has 1 aromatic carbocycles. The molecule has 37 heavy (non-hydrogen) atoms. The Kier molecular flexibility index (Phi) is 10.6. The zero-order chi connectivity index (χ0) is 27.8. The summed E-state index contributed by atoms with van der Waals surface area (Å²) in [6, 6.07) is 3.20. The molecule has 1 aliphatic heterocycles. The fourth-order valence-corrected chi connectivity index (χ4v) is 4.38. The van der Waals surface area contributed by atoms with Crippen molar-refractivity contribution in [3.8, 4) is 5.75 Å². The Balaban J connectivity index is 2.26. The highest BCUT2D eigenvalue weighted by molar-refractivity contribution is 7.94. The Morgan fingerprint density at radius 2 is 1.97 bits per heavy atom. The average molecular weight is 539 g/mol. The zero-order valence-corrected chi connectivity index (χ0v) is 21.9. The minimum Gasteiger partial charge on any atom is -0.508 e. The fraction of sp³-hybridized carbons (Fsp3) is 0.500. The van der Waals surface area contributed by atoms with E-state index in [1.165, 1.54) is 24.3 Å². The van der Waals surface area contributed by atoms with E-state index in [4.69, 9.17) is 4.74 Å². The van der Waals surface area contributed by atoms with Crippen molar-refractivity contribution < 1.29 is 37.4 Å². The van der Waals surface area contributed by atoms with Gasteiger partial charge in [-0.3, -0.25) is 24.2 Å². The second kappa shape index (κ2) is 13.2. The van der Waals surface area contributed by atoms with Gasteiger partial charge in [0.05, 0.1) is 7.11 Å². The highest BCUT2D eigenvalue weighted by atomic mass is 32.2. The molecule has 13 heteroatoms. The van der Waals surface area contributed by atoms with E-state index in [0.29, 0.717) is 23.8 Å². The summed E-state index contributed by atoms with van der Waals surface area (Å²) in [5.74, 6) is -3.97. The smallest absolute Gasteiger partial charge is 0.324 e. The van der Waals surface area contributed by atoms with Gasteiger partial charge in [0, 0.05) is 18.4 Å². The number of hydrogen-bond acceptors (Lipinski definition) is 9. The van der Waals surface area contributed by atoms with E-state index in [9.17, 15) is 32.7 Å². The normalized spacial score (nSPS) is 17.4. The lowest BCUT2D eigenvalue weighted by atomic mass is 10.0. The molecule has 0 aromatic heterocycles. The molecule has 3 amide bonds. The second-order valence-electron chi connectivity index (χ2n) is 9.04. The lowest BCUT2D eigenvalue weighted by Gasteiger charge is -2.35. The highest BCUT2D eigenvalue weighted by Gasteiger charge is 2.35. The van der Waals surface area contributed by atoms with E-state index in [-0.39, 0.29) is 18.7 Å². The number of carbonyl (C=O) groups is 4. The molecule has 0 spiro atoms. The number of phenolic OH excluding ortho intramolecular Hbond substituents is 1. The predicted molar refractivity (Wildman–Crippen MR) is 134 cm³/mol. The Hall–Kier alpha value is -3.45. The second-order valence-corrected chi connectivity index (χ2v) is 11.0. The molecule has 1 unspecified atom stereocenters. The molecule has 0 saturated carbocycles. The van der Waals surface area contributed by atoms with Crippen molar-refractivity contribution in [2.24, 2.45) is 5.92 Å². The standard InChI is InChI=1S/C24H34N4O8S/c1-5-37(34,35)14-20(30)26-21(15(2)3)22(31)25-19(13-16-8-6-9-17(29)12-16)23(32)28-11-7-10-18(27-28)24(33)36-4/h5-6,8-9,12,15,18-19,21,27,29H,1,7,10-11,13-14H2,2-4H3,(H,25,31)(H,26,30)/t18-,19-,21?/m0/s1. The molecule has 1 aliphatic rings. The van der Waals surface area contributed by atoms with Gasteiger partial charge in [0.1, 0.15) is 29.6 Å². The van der Waals surface area contributed by atoms with Gasteiger partial charge in [-0.05, 0) is 36.5 Å². The van der Waals surface area contributed by atoms with Gasteiger partial charge in [0.2, 0.25) is 11.8 Å². The summed E-state index contributed by atoms with van der Waals surface area (Å²) in [4.78, 5) is 51.0. The Morgan fingerprint density at radius 3 is 2.57 bits per heavy atom. The van der Waals surface area contributed by atoms with E-state index in [0.717, 1.165) is 0 Å². The number of amides is 3. The van der Waals surface area contributed by atoms with Gasteiger partial charge in [-0.15, -0.1) is 0 Å². The number of benzene rings is 1. The van der Waals surface area contributed by atoms with E-state index < -0.39 is 63.3 Å². The summed E-state index contributed by atoms with van der Waals surface area (Å²) in [5, 5.41) is 16.8. The van der Waals surface area contributed by atoms with Crippen molar-refractivity contribution in [3.05, 3.63) is 41.8 Å². The van der Waals surface area contributed by atoms with Crippen molar-refractivity contribution in [2.75, 3.05) is 19.4 Å². The number of sulfone groups is 1. The van der Waals surface area contributed by atoms with Gasteiger partial charge in [-0.25, -0.2) is 13.8 Å². The Bertz CT molecular complexity index is 1120. The lowest BCUT2D eigenvalue weighted by molar-refractivity contribution is -0.151. The number of nitrogens with zero attached hydrogens (tertiary/aromatic N) is 1. The van der Waals surface area contributed by atoms with E-state index in [2.05, 4.69) is 22.6 Å². The fourth-order valence-electron chi connectivity index (χ4n) is 3.82. The van der Waals surface area contributed by atoms with Crippen molar-refractivity contribution >= 4 is 33.5 Å². The molecule has 0 aliphatic carbocycles. The van der Waals surface area contributed by atoms with Crippen LogP contribution in [0, 0.1) is 5.92 Å². The molecular weight excluding hydrogens is 504 g/mol. The molecule has 4 N–H and O–H groups in total. The number of nitrogens with one attached hydrogen (secondary N) is 3. The first-order chi connectivity index (χ1) is 17.4. The molecule has 1 heterocycles. The summed E-state index contributed by atoms with van der Waals surface area (Å²) < 4.78 is 28.2. The lowest BCUT2D eigenvalue weighted by Crippen LogP contribution is -2.62. The molecule has 3 atom stereocenters. The molecule has 1 fully saturated rings. The van der Waals surface area contributed by atoms with Gasteiger partial charge in [0.25, 0.3) is 5.91 Å². The van der Waals surface area contributed by atoms with Gasteiger partial charge < -0.3 is 20.5 Å². The molecular formula is C24H34N4O8S. The number of hydrazine groups is 1. The Morgan fingerprint density at radius 1 is 1.27 bits per heavy atom. The molecule has 1 aromatic rings. The number of phenols is 1. The van der Waals surface area contributed by atoms with Gasteiger partial charge >= 0.3 is 5.97 Å². The van der Waals surface area contributed by atoms with Crippen LogP contribution in [0.15, 0.2) is 36.3 Å². The molecule has 0 radical (unpaired) electrons. The highest BCUT2D eigenvalue weighted by Crippen LogP contribution is 2.16. The van der Waals surface area contributed by atoms with Crippen LogP contribution in [0.3, 0.4) is 0 Å². The van der Waals surface area contributed by atoms with Crippen LogP contribution in [-0.2, 0) is 40.2 Å². The van der Waals surface area contributed by atoms with Crippen LogP contribution in [0.25, 0.3) is 0 Å². The van der Waals surface area contributed by atoms with Crippen molar-refractivity contribution in [2.45, 2.75) is 51.2 Å². The van der Waals surface area contributed by atoms with E-state index >= 15 is 0 Å². The van der Waals surface area contributed by atoms with Crippen LogP contribution in [-0.4, -0.2) is 79.8 Å². The average Bonchev–Trinajstić information content (AvgIpc) is 2.85. The third kappa shape index (κ3) is 8.86. The number of carbonyl (C=O) groups excluding carboxylic acids is 4. The summed E-state index contributed by atoms with van der Waals surface area (Å²) in [5.41, 5.74) is 3.39. The third-order valence-corrected chi connectivity index (χ3v) is 6.93. The van der Waals surface area contributed by atoms with Crippen LogP contribution in [0.2, 0.25) is 0 Å². The van der Waals surface area contributed by atoms with Crippen LogP contribution < -0.4 is 16.1 Å². The summed E-state index contributed by atoms with van der Waals surface area (Å²) in [7, 11) is -2.59. The minimum atomic E-state index is -3.84. The number of ether oxygens (including phenoxy) is 1. The molecule has 0 bridgehead atoms. The summed E-state index contributed by atoms with van der Waals surface area (Å²) in [6.45, 7) is 6.76. The quantitative estimate of drug-likeness (QED) is 0.278. The molecule has 12 nitrogen and oxygen atoms in total. The van der Waals surface area contributed by atoms with Crippen LogP contribution in [0.4, 0.5) is 0 Å². The van der Waals surface area contributed by atoms with Gasteiger partial charge in [-0.2, -0.15) is 0 Å². The minimum absolute atomic E-state index is 0.00362. The topological polar surface area (TPSA) is 171 Å². The maximum absolute atomic E-state index is 13.5. The molecule has 2 rings (SSSR count). The number of esters is 1. The van der Waals surface area contributed by atoms with Crippen molar-refractivity contribution in [1.29, 1.82) is 0 Å². The first kappa shape index (κ1) is 29.8. The predicted octanol–water partition coefficient (Wildman–Crippen LogP) is -0.213. The zero-order valence-electron chi connectivity index (χ0n) is 21.1. The van der Waals surface area contributed by atoms with E-state index in [1.54, 1.807) is 26.0 Å². The van der Waals surface area contributed by atoms with Gasteiger partial charge in [-0.1, -0.05) is 32.6 Å². The SMILES string of the molecule is C=CS(=O)(=O)CC(=O)NC(C(=O)N[C@@H](Cc1cccc(O)c1)C(=O)N1CCC[C@@H](C(=O)OC)N1)C(C)C. The molecule has 1 saturated heterocycles. The van der Waals surface area contributed by atoms with Crippen molar-refractivity contribution in [1.82, 2.24) is 21.1 Å². The van der Waals surface area contributed by atoms with Gasteiger partial charge in [0.15, 0.2) is 9.84 Å². The van der Waals surface area contributed by atoms with Crippen LogP contribution >= 0.6 is 0 Å². The first-order valence-electron chi connectivity index (χ1n) is 11.7. The van der Waals surface area contributed by atoms with Crippen LogP contribution in [0.5, 0.6) is 5.75 Å². The summed E-state index contributed by atoms with van der Waals surface area (Å²) in [6.07, 6.45) is 0.993. The monoisotopic (exact) mass is 538 g/mol. The third-order valence-electron chi connectivity index (χ3n) is 5.75. The number of rotatable bonds is 11.